The molecule has 2 aliphatic carbocycles. The number of nitrogens with one attached hydrogen (secondary N) is 1. The maximum Gasteiger partial charge on any atom is 0.263 e. The van der Waals surface area contributed by atoms with Crippen LogP contribution in [0.3, 0.4) is 0 Å². The summed E-state index contributed by atoms with van der Waals surface area (Å²) in [6.45, 7) is 0. The summed E-state index contributed by atoms with van der Waals surface area (Å²) in [5, 5.41) is 4.47. The van der Waals surface area contributed by atoms with Crippen LogP contribution in [-0.4, -0.2) is 22.9 Å². The van der Waals surface area contributed by atoms with E-state index >= 15 is 0 Å². The number of rotatable bonds is 5. The Morgan fingerprint density at radius 3 is 2.47 bits per heavy atom. The van der Waals surface area contributed by atoms with Crippen molar-refractivity contribution in [2.75, 3.05) is 12.5 Å². The van der Waals surface area contributed by atoms with E-state index in [2.05, 4.69) is 44.7 Å². The van der Waals surface area contributed by atoms with Crippen LogP contribution in [0, 0.1) is 0 Å². The van der Waals surface area contributed by atoms with Gasteiger partial charge < -0.3 is 4.74 Å². The second-order valence-corrected chi connectivity index (χ2v) is 11.0. The zero-order valence-electron chi connectivity index (χ0n) is 21.3. The lowest BCUT2D eigenvalue weighted by Crippen LogP contribution is -2.42. The number of fused-ring (bicyclic) bond motifs is 4. The number of benzene rings is 3. The molecule has 0 unspecified atom stereocenters. The summed E-state index contributed by atoms with van der Waals surface area (Å²) < 4.78 is 8.03. The number of hydrazone groups is 1. The Hall–Kier alpha value is -3.71. The molecule has 38 heavy (non-hydrogen) atoms. The molecule has 0 atom stereocenters. The van der Waals surface area contributed by atoms with Gasteiger partial charge in [-0.3, -0.25) is 4.79 Å². The average molecular weight is 570 g/mol. The van der Waals surface area contributed by atoms with Crippen LogP contribution in [0.2, 0.25) is 0 Å². The largest absolute Gasteiger partial charge is 0.497 e. The van der Waals surface area contributed by atoms with Crippen molar-refractivity contribution in [1.82, 2.24) is 9.55 Å². The molecule has 1 fully saturated rings. The fraction of sp³-hybridized carbons (Fsp3) is 0.258. The maximum absolute atomic E-state index is 14.5. The molecule has 1 saturated carbocycles. The first-order valence-electron chi connectivity index (χ1n) is 13.0. The van der Waals surface area contributed by atoms with E-state index in [9.17, 15) is 4.79 Å². The summed E-state index contributed by atoms with van der Waals surface area (Å²) >= 11 is 3.47. The molecule has 1 spiro atoms. The molecule has 0 amide bonds. The molecule has 1 N–H and O–H groups in total. The summed E-state index contributed by atoms with van der Waals surface area (Å²) in [5.41, 5.74) is 8.45. The minimum atomic E-state index is -0.195. The van der Waals surface area contributed by atoms with Crippen LogP contribution < -0.4 is 15.7 Å². The first-order chi connectivity index (χ1) is 18.6. The number of hydrogen-bond acceptors (Lipinski definition) is 5. The first kappa shape index (κ1) is 24.6. The van der Waals surface area contributed by atoms with Gasteiger partial charge in [-0.05, 0) is 66.8 Å². The van der Waals surface area contributed by atoms with E-state index in [1.807, 2.05) is 54.6 Å². The number of methoxy groups -OCH3 is 1. The highest BCUT2D eigenvalue weighted by Gasteiger charge is 2.43. The van der Waals surface area contributed by atoms with Gasteiger partial charge in [0.05, 0.1) is 30.3 Å². The topological polar surface area (TPSA) is 68.5 Å². The van der Waals surface area contributed by atoms with E-state index in [1.54, 1.807) is 17.9 Å². The lowest BCUT2D eigenvalue weighted by molar-refractivity contribution is 0.284. The van der Waals surface area contributed by atoms with E-state index in [1.165, 1.54) is 12.0 Å². The highest BCUT2D eigenvalue weighted by atomic mass is 79.9. The Morgan fingerprint density at radius 2 is 1.74 bits per heavy atom. The van der Waals surface area contributed by atoms with Crippen molar-refractivity contribution in [3.63, 3.8) is 0 Å². The van der Waals surface area contributed by atoms with Crippen molar-refractivity contribution < 1.29 is 4.74 Å². The van der Waals surface area contributed by atoms with Crippen molar-refractivity contribution >= 4 is 28.1 Å². The highest BCUT2D eigenvalue weighted by Crippen LogP contribution is 2.48. The van der Waals surface area contributed by atoms with Crippen LogP contribution in [-0.2, 0) is 11.8 Å². The summed E-state index contributed by atoms with van der Waals surface area (Å²) in [4.78, 5) is 19.7. The Balaban J connectivity index is 1.54. The van der Waals surface area contributed by atoms with Crippen LogP contribution in [0.4, 0.5) is 5.95 Å². The van der Waals surface area contributed by atoms with Gasteiger partial charge in [-0.1, -0.05) is 71.6 Å². The second-order valence-electron chi connectivity index (χ2n) is 10.1. The SMILES string of the molecule is COc1ccc(-n2c(N/N=C\c3ccc(Br)cc3)nc3c(c2=O)C2(CCCCC2)Cc2ccccc2-3)cc1. The molecule has 3 aromatic carbocycles. The third-order valence-electron chi connectivity index (χ3n) is 7.80. The standard InChI is InChI=1S/C31H29BrN4O2/c1-38-25-15-13-24(14-16-25)36-29(37)27-28(34-30(36)35-33-20-21-9-11-23(32)12-10-21)26-8-4-3-7-22(26)19-31(27)17-5-2-6-18-31/h3-4,7-16,20H,2,5-6,17-19H2,1H3,(H,34,35)/b33-20-. The van der Waals surface area contributed by atoms with Crippen molar-refractivity contribution in [3.8, 4) is 22.7 Å². The third kappa shape index (κ3) is 4.45. The highest BCUT2D eigenvalue weighted by molar-refractivity contribution is 9.10. The summed E-state index contributed by atoms with van der Waals surface area (Å²) in [6, 6.07) is 23.8. The van der Waals surface area contributed by atoms with Gasteiger partial charge in [0.15, 0.2) is 0 Å². The summed E-state index contributed by atoms with van der Waals surface area (Å²) in [5.74, 6) is 1.11. The molecule has 0 saturated heterocycles. The number of anilines is 1. The summed E-state index contributed by atoms with van der Waals surface area (Å²) in [7, 11) is 1.63. The predicted molar refractivity (Wildman–Crippen MR) is 156 cm³/mol. The summed E-state index contributed by atoms with van der Waals surface area (Å²) in [6.07, 6.45) is 8.08. The Morgan fingerprint density at radius 1 is 1.00 bits per heavy atom. The monoisotopic (exact) mass is 568 g/mol. The average Bonchev–Trinajstić information content (AvgIpc) is 2.95. The minimum absolute atomic E-state index is 0.0297. The van der Waals surface area contributed by atoms with Gasteiger partial charge in [0.1, 0.15) is 5.75 Å². The van der Waals surface area contributed by atoms with Crippen LogP contribution in [0.1, 0.15) is 48.8 Å². The molecule has 4 aromatic rings. The maximum atomic E-state index is 14.5. The molecule has 2 aliphatic rings. The molecule has 7 heteroatoms. The fourth-order valence-corrected chi connectivity index (χ4v) is 6.23. The van der Waals surface area contributed by atoms with Crippen molar-refractivity contribution in [3.05, 3.63) is 104 Å². The quantitative estimate of drug-likeness (QED) is 0.210. The van der Waals surface area contributed by atoms with E-state index in [-0.39, 0.29) is 11.0 Å². The molecule has 0 bridgehead atoms. The molecule has 0 aliphatic heterocycles. The smallest absolute Gasteiger partial charge is 0.263 e. The zero-order chi connectivity index (χ0) is 26.1. The third-order valence-corrected chi connectivity index (χ3v) is 8.33. The predicted octanol–water partition coefficient (Wildman–Crippen LogP) is 6.87. The molecule has 6 rings (SSSR count). The molecular formula is C31H29BrN4O2. The minimum Gasteiger partial charge on any atom is -0.497 e. The number of hydrogen-bond donors (Lipinski definition) is 1. The number of nitrogens with zero attached hydrogens (tertiary/aromatic N) is 3. The van der Waals surface area contributed by atoms with Crippen LogP contribution >= 0.6 is 15.9 Å². The number of halogens is 1. The van der Waals surface area contributed by atoms with Gasteiger partial charge in [0, 0.05) is 15.5 Å². The molecular weight excluding hydrogens is 540 g/mol. The van der Waals surface area contributed by atoms with Crippen molar-refractivity contribution in [2.24, 2.45) is 5.10 Å². The van der Waals surface area contributed by atoms with E-state index in [4.69, 9.17) is 9.72 Å². The molecule has 1 heterocycles. The molecule has 192 valence electrons. The first-order valence-corrected chi connectivity index (χ1v) is 13.8. The van der Waals surface area contributed by atoms with Crippen LogP contribution in [0.5, 0.6) is 5.75 Å². The van der Waals surface area contributed by atoms with Crippen LogP contribution in [0.25, 0.3) is 16.9 Å². The molecule has 6 nitrogen and oxygen atoms in total. The number of ether oxygens (including phenoxy) is 1. The van der Waals surface area contributed by atoms with Gasteiger partial charge in [-0.25, -0.2) is 15.0 Å². The normalized spacial score (nSPS) is 15.7. The molecule has 1 aromatic heterocycles. The van der Waals surface area contributed by atoms with Gasteiger partial charge >= 0.3 is 0 Å². The fourth-order valence-electron chi connectivity index (χ4n) is 5.97. The van der Waals surface area contributed by atoms with Gasteiger partial charge in [0.2, 0.25) is 5.95 Å². The number of aromatic nitrogens is 2. The van der Waals surface area contributed by atoms with Gasteiger partial charge in [-0.15, -0.1) is 0 Å². The van der Waals surface area contributed by atoms with Gasteiger partial charge in [-0.2, -0.15) is 5.10 Å². The van der Waals surface area contributed by atoms with Crippen molar-refractivity contribution in [1.29, 1.82) is 0 Å². The zero-order valence-corrected chi connectivity index (χ0v) is 22.9. The lowest BCUT2D eigenvalue weighted by atomic mass is 9.62. The van der Waals surface area contributed by atoms with E-state index in [0.29, 0.717) is 5.95 Å². The Kier molecular flexibility index (Phi) is 6.62. The Bertz CT molecular complexity index is 1550. The second kappa shape index (κ2) is 10.2. The Labute approximate surface area is 230 Å². The van der Waals surface area contributed by atoms with Crippen LogP contribution in [0.15, 0.2) is 87.2 Å². The van der Waals surface area contributed by atoms with E-state index in [0.717, 1.165) is 70.4 Å². The van der Waals surface area contributed by atoms with E-state index < -0.39 is 0 Å². The molecule has 0 radical (unpaired) electrons. The lowest BCUT2D eigenvalue weighted by Gasteiger charge is -2.42. The van der Waals surface area contributed by atoms with Gasteiger partial charge in [0.25, 0.3) is 5.56 Å². The van der Waals surface area contributed by atoms with Crippen molar-refractivity contribution in [2.45, 2.75) is 43.9 Å².